The van der Waals surface area contributed by atoms with Gasteiger partial charge < -0.3 is 10.4 Å². The first-order valence-corrected chi connectivity index (χ1v) is 8.06. The number of carbonyl (C=O) groups excluding carboxylic acids is 1. The fraction of sp³-hybridized carbons (Fsp3) is 0.250. The van der Waals surface area contributed by atoms with E-state index in [1.807, 2.05) is 24.3 Å². The van der Waals surface area contributed by atoms with E-state index in [1.54, 1.807) is 26.0 Å². The Morgan fingerprint density at radius 2 is 2.21 bits per heavy atom. The number of carbonyl (C=O) groups is 2. The molecule has 7 nitrogen and oxygen atoms in total. The SMILES string of the molecule is C/C=C/CC(NC(=O)c1nnn(-c2cccc(Br)c2)c1C)C(=O)O. The van der Waals surface area contributed by atoms with Gasteiger partial charge in [0.1, 0.15) is 6.04 Å². The summed E-state index contributed by atoms with van der Waals surface area (Å²) in [6.45, 7) is 3.49. The number of carboxylic acids is 1. The molecule has 0 radical (unpaired) electrons. The van der Waals surface area contributed by atoms with Gasteiger partial charge in [0, 0.05) is 4.47 Å². The lowest BCUT2D eigenvalue weighted by atomic mass is 10.2. The van der Waals surface area contributed by atoms with Gasteiger partial charge in [-0.25, -0.2) is 9.48 Å². The van der Waals surface area contributed by atoms with Crippen molar-refractivity contribution in [3.8, 4) is 5.69 Å². The summed E-state index contributed by atoms with van der Waals surface area (Å²) in [5.41, 5.74) is 1.37. The van der Waals surface area contributed by atoms with Crippen LogP contribution in [-0.4, -0.2) is 38.0 Å². The normalized spacial score (nSPS) is 12.3. The summed E-state index contributed by atoms with van der Waals surface area (Å²) in [7, 11) is 0. The van der Waals surface area contributed by atoms with Crippen LogP contribution >= 0.6 is 15.9 Å². The predicted octanol–water partition coefficient (Wildman–Crippen LogP) is 2.49. The zero-order valence-electron chi connectivity index (χ0n) is 13.2. The van der Waals surface area contributed by atoms with Crippen molar-refractivity contribution in [2.75, 3.05) is 0 Å². The van der Waals surface area contributed by atoms with E-state index < -0.39 is 17.9 Å². The van der Waals surface area contributed by atoms with Crippen LogP contribution in [0.1, 0.15) is 29.5 Å². The van der Waals surface area contributed by atoms with E-state index in [0.29, 0.717) is 5.69 Å². The zero-order chi connectivity index (χ0) is 17.7. The van der Waals surface area contributed by atoms with Crippen molar-refractivity contribution in [1.29, 1.82) is 0 Å². The maximum absolute atomic E-state index is 12.3. The molecule has 1 amide bonds. The summed E-state index contributed by atoms with van der Waals surface area (Å²) in [5.74, 6) is -1.66. The molecule has 2 aromatic rings. The molecule has 1 unspecified atom stereocenters. The Balaban J connectivity index is 2.23. The fourth-order valence-electron chi connectivity index (χ4n) is 2.11. The number of hydrogen-bond acceptors (Lipinski definition) is 4. The van der Waals surface area contributed by atoms with Gasteiger partial charge in [-0.2, -0.15) is 0 Å². The topological polar surface area (TPSA) is 97.1 Å². The number of halogens is 1. The summed E-state index contributed by atoms with van der Waals surface area (Å²) in [6, 6.07) is 6.39. The maximum Gasteiger partial charge on any atom is 0.326 e. The van der Waals surface area contributed by atoms with E-state index in [9.17, 15) is 14.7 Å². The highest BCUT2D eigenvalue weighted by atomic mass is 79.9. The fourth-order valence-corrected chi connectivity index (χ4v) is 2.50. The molecule has 2 N–H and O–H groups in total. The van der Waals surface area contributed by atoms with E-state index in [-0.39, 0.29) is 12.1 Å². The van der Waals surface area contributed by atoms with Crippen LogP contribution in [0.2, 0.25) is 0 Å². The largest absolute Gasteiger partial charge is 0.480 e. The first-order valence-electron chi connectivity index (χ1n) is 7.27. The molecule has 0 aliphatic rings. The van der Waals surface area contributed by atoms with Crippen molar-refractivity contribution in [1.82, 2.24) is 20.3 Å². The van der Waals surface area contributed by atoms with Gasteiger partial charge >= 0.3 is 5.97 Å². The third-order valence-corrected chi connectivity index (χ3v) is 3.87. The molecule has 24 heavy (non-hydrogen) atoms. The number of nitrogens with zero attached hydrogens (tertiary/aromatic N) is 3. The quantitative estimate of drug-likeness (QED) is 0.735. The Labute approximate surface area is 147 Å². The summed E-state index contributed by atoms with van der Waals surface area (Å²) in [4.78, 5) is 23.6. The third kappa shape index (κ3) is 4.08. The Hall–Kier alpha value is -2.48. The standard InChI is InChI=1S/C16H17BrN4O3/c1-3-4-8-13(16(23)24)18-15(22)14-10(2)21(20-19-14)12-7-5-6-11(17)9-12/h3-7,9,13H,8H2,1-2H3,(H,18,22)(H,23,24)/b4-3+. The van der Waals surface area contributed by atoms with Gasteiger partial charge in [0.25, 0.3) is 5.91 Å². The third-order valence-electron chi connectivity index (χ3n) is 3.37. The highest BCUT2D eigenvalue weighted by Crippen LogP contribution is 2.17. The molecule has 0 bridgehead atoms. The van der Waals surface area contributed by atoms with Gasteiger partial charge in [-0.1, -0.05) is 39.4 Å². The summed E-state index contributed by atoms with van der Waals surface area (Å²) >= 11 is 3.38. The summed E-state index contributed by atoms with van der Waals surface area (Å²) in [6.07, 6.45) is 3.62. The average Bonchev–Trinajstić information content (AvgIpc) is 2.92. The predicted molar refractivity (Wildman–Crippen MR) is 92.1 cm³/mol. The van der Waals surface area contributed by atoms with Crippen LogP contribution in [0, 0.1) is 6.92 Å². The van der Waals surface area contributed by atoms with Gasteiger partial charge in [-0.05, 0) is 38.5 Å². The molecule has 0 aliphatic carbocycles. The number of aromatic nitrogens is 3. The van der Waals surface area contributed by atoms with Crippen molar-refractivity contribution >= 4 is 27.8 Å². The molecule has 1 aromatic heterocycles. The average molecular weight is 393 g/mol. The molecule has 0 saturated carbocycles. The molecule has 0 fully saturated rings. The van der Waals surface area contributed by atoms with E-state index in [2.05, 4.69) is 31.6 Å². The number of benzene rings is 1. The molecular weight excluding hydrogens is 376 g/mol. The molecule has 8 heteroatoms. The van der Waals surface area contributed by atoms with Crippen LogP contribution in [0.3, 0.4) is 0 Å². The highest BCUT2D eigenvalue weighted by molar-refractivity contribution is 9.10. The minimum absolute atomic E-state index is 0.0988. The molecule has 1 aromatic carbocycles. The Bertz CT molecular complexity index is 785. The van der Waals surface area contributed by atoms with Crippen LogP contribution in [0.5, 0.6) is 0 Å². The number of nitrogens with one attached hydrogen (secondary N) is 1. The number of amides is 1. The molecule has 0 aliphatic heterocycles. The first kappa shape index (κ1) is 17.9. The van der Waals surface area contributed by atoms with Gasteiger partial charge in [-0.15, -0.1) is 5.10 Å². The van der Waals surface area contributed by atoms with Gasteiger partial charge in [0.2, 0.25) is 0 Å². The van der Waals surface area contributed by atoms with E-state index in [1.165, 1.54) is 4.68 Å². The lowest BCUT2D eigenvalue weighted by Crippen LogP contribution is -2.40. The minimum Gasteiger partial charge on any atom is -0.480 e. The Morgan fingerprint density at radius 1 is 1.46 bits per heavy atom. The van der Waals surface area contributed by atoms with Crippen molar-refractivity contribution in [2.45, 2.75) is 26.3 Å². The minimum atomic E-state index is -1.10. The molecule has 0 spiro atoms. The van der Waals surface area contributed by atoms with E-state index >= 15 is 0 Å². The molecule has 1 atom stereocenters. The molecule has 1 heterocycles. The Morgan fingerprint density at radius 3 is 2.83 bits per heavy atom. The van der Waals surface area contributed by atoms with Crippen molar-refractivity contribution < 1.29 is 14.7 Å². The summed E-state index contributed by atoms with van der Waals surface area (Å²) < 4.78 is 2.40. The maximum atomic E-state index is 12.3. The second-order valence-corrected chi connectivity index (χ2v) is 6.00. The lowest BCUT2D eigenvalue weighted by Gasteiger charge is -2.11. The summed E-state index contributed by atoms with van der Waals surface area (Å²) in [5, 5.41) is 19.5. The van der Waals surface area contributed by atoms with Gasteiger partial charge in [0.05, 0.1) is 11.4 Å². The van der Waals surface area contributed by atoms with Crippen molar-refractivity contribution in [3.05, 3.63) is 52.3 Å². The Kier molecular flexibility index (Phi) is 5.86. The zero-order valence-corrected chi connectivity index (χ0v) is 14.8. The van der Waals surface area contributed by atoms with Crippen LogP contribution in [0.15, 0.2) is 40.9 Å². The van der Waals surface area contributed by atoms with Crippen LogP contribution < -0.4 is 5.32 Å². The number of rotatable bonds is 6. The number of carboxylic acid groups (broad SMARTS) is 1. The highest BCUT2D eigenvalue weighted by Gasteiger charge is 2.23. The number of hydrogen-bond donors (Lipinski definition) is 2. The van der Waals surface area contributed by atoms with Crippen LogP contribution in [0.4, 0.5) is 0 Å². The smallest absolute Gasteiger partial charge is 0.326 e. The first-order chi connectivity index (χ1) is 11.4. The van der Waals surface area contributed by atoms with Crippen molar-refractivity contribution in [3.63, 3.8) is 0 Å². The number of aliphatic carboxylic acids is 1. The van der Waals surface area contributed by atoms with Gasteiger partial charge in [0.15, 0.2) is 5.69 Å². The molecule has 126 valence electrons. The van der Waals surface area contributed by atoms with Gasteiger partial charge in [-0.3, -0.25) is 4.79 Å². The monoisotopic (exact) mass is 392 g/mol. The van der Waals surface area contributed by atoms with Crippen molar-refractivity contribution in [2.24, 2.45) is 0 Å². The number of allylic oxidation sites excluding steroid dienone is 1. The molecular formula is C16H17BrN4O3. The lowest BCUT2D eigenvalue weighted by molar-refractivity contribution is -0.139. The second kappa shape index (κ2) is 7.87. The van der Waals surface area contributed by atoms with E-state index in [4.69, 9.17) is 0 Å². The second-order valence-electron chi connectivity index (χ2n) is 5.08. The molecule has 2 rings (SSSR count). The van der Waals surface area contributed by atoms with Crippen LogP contribution in [-0.2, 0) is 4.79 Å². The van der Waals surface area contributed by atoms with E-state index in [0.717, 1.165) is 10.2 Å². The molecule has 0 saturated heterocycles. The van der Waals surface area contributed by atoms with Crippen LogP contribution in [0.25, 0.3) is 5.69 Å².